The van der Waals surface area contributed by atoms with Gasteiger partial charge in [-0.3, -0.25) is 4.57 Å². The number of hydrogen-bond acceptors (Lipinski definition) is 2. The summed E-state index contributed by atoms with van der Waals surface area (Å²) in [6.45, 7) is 0. The van der Waals surface area contributed by atoms with Crippen molar-refractivity contribution in [2.45, 2.75) is 24.6 Å². The van der Waals surface area contributed by atoms with Crippen LogP contribution in [0.4, 0.5) is 0 Å². The molecule has 1 heterocycles. The van der Waals surface area contributed by atoms with Gasteiger partial charge in [0.15, 0.2) is 5.82 Å². The maximum Gasteiger partial charge on any atom is 0.152 e. The highest BCUT2D eigenvalue weighted by atomic mass is 35.5. The third-order valence-electron chi connectivity index (χ3n) is 3.82. The van der Waals surface area contributed by atoms with Gasteiger partial charge in [0, 0.05) is 11.3 Å². The van der Waals surface area contributed by atoms with Crippen molar-refractivity contribution in [2.24, 2.45) is 0 Å². The quantitative estimate of drug-likeness (QED) is 0.679. The van der Waals surface area contributed by atoms with Crippen molar-refractivity contribution in [1.29, 1.82) is 0 Å². The summed E-state index contributed by atoms with van der Waals surface area (Å²) in [5.74, 6) is 2.79. The van der Waals surface area contributed by atoms with E-state index in [1.54, 1.807) is 0 Å². The van der Waals surface area contributed by atoms with Crippen LogP contribution in [0.25, 0.3) is 16.5 Å². The van der Waals surface area contributed by atoms with Gasteiger partial charge >= 0.3 is 0 Å². The second-order valence-electron chi connectivity index (χ2n) is 5.22. The van der Waals surface area contributed by atoms with E-state index in [9.17, 15) is 0 Å². The summed E-state index contributed by atoms with van der Waals surface area (Å²) in [4.78, 5) is 0. The van der Waals surface area contributed by atoms with Gasteiger partial charge in [0.1, 0.15) is 5.82 Å². The van der Waals surface area contributed by atoms with Crippen molar-refractivity contribution in [3.63, 3.8) is 0 Å². The van der Waals surface area contributed by atoms with Crippen molar-refractivity contribution in [3.05, 3.63) is 54.1 Å². The number of hydrogen-bond donors (Lipinski definition) is 0. The van der Waals surface area contributed by atoms with Crippen LogP contribution >= 0.6 is 11.6 Å². The summed E-state index contributed by atoms with van der Waals surface area (Å²) in [5.41, 5.74) is 1.13. The maximum absolute atomic E-state index is 6.05. The van der Waals surface area contributed by atoms with Crippen LogP contribution in [0, 0.1) is 0 Å². The Hall–Kier alpha value is -1.87. The summed E-state index contributed by atoms with van der Waals surface area (Å²) in [7, 11) is 0. The Balaban J connectivity index is 2.01. The fraction of sp³-hybridized carbons (Fsp3) is 0.250. The van der Waals surface area contributed by atoms with Gasteiger partial charge in [-0.15, -0.1) is 21.8 Å². The first-order valence-corrected chi connectivity index (χ1v) is 7.40. The molecule has 4 rings (SSSR count). The second-order valence-corrected chi connectivity index (χ2v) is 5.48. The standard InChI is InChI=1S/C16H14ClN3/c17-10-15-18-19-16(12-8-9-12)20(15)14-7-3-5-11-4-1-2-6-13(11)14/h1-7,12H,8-10H2. The van der Waals surface area contributed by atoms with Gasteiger partial charge in [0.2, 0.25) is 0 Å². The fourth-order valence-corrected chi connectivity index (χ4v) is 2.86. The van der Waals surface area contributed by atoms with Crippen LogP contribution in [0.15, 0.2) is 42.5 Å². The Morgan fingerprint density at radius 3 is 2.65 bits per heavy atom. The maximum atomic E-state index is 6.05. The SMILES string of the molecule is ClCc1nnc(C2CC2)n1-c1cccc2ccccc12. The molecule has 1 fully saturated rings. The number of halogens is 1. The van der Waals surface area contributed by atoms with E-state index < -0.39 is 0 Å². The first kappa shape index (κ1) is 11.9. The van der Waals surface area contributed by atoms with E-state index in [4.69, 9.17) is 11.6 Å². The number of rotatable bonds is 3. The van der Waals surface area contributed by atoms with Crippen molar-refractivity contribution in [1.82, 2.24) is 14.8 Å². The molecule has 20 heavy (non-hydrogen) atoms. The van der Waals surface area contributed by atoms with Crippen LogP contribution < -0.4 is 0 Å². The smallest absolute Gasteiger partial charge is 0.152 e. The minimum atomic E-state index is 0.378. The zero-order chi connectivity index (χ0) is 13.5. The molecule has 1 aliphatic rings. The summed E-state index contributed by atoms with van der Waals surface area (Å²) >= 11 is 6.05. The normalized spacial score (nSPS) is 14.8. The van der Waals surface area contributed by atoms with E-state index in [-0.39, 0.29) is 0 Å². The highest BCUT2D eigenvalue weighted by Gasteiger charge is 2.31. The lowest BCUT2D eigenvalue weighted by Crippen LogP contribution is -2.04. The molecule has 1 saturated carbocycles. The molecule has 3 nitrogen and oxygen atoms in total. The molecule has 0 bridgehead atoms. The average Bonchev–Trinajstić information content (AvgIpc) is 3.26. The van der Waals surface area contributed by atoms with Gasteiger partial charge in [0.25, 0.3) is 0 Å². The van der Waals surface area contributed by atoms with Gasteiger partial charge in [0.05, 0.1) is 11.6 Å². The Bertz CT molecular complexity index is 769. The molecule has 1 aromatic heterocycles. The molecule has 0 saturated heterocycles. The van der Waals surface area contributed by atoms with E-state index in [1.165, 1.54) is 23.6 Å². The van der Waals surface area contributed by atoms with Crippen LogP contribution in [0.2, 0.25) is 0 Å². The van der Waals surface area contributed by atoms with Crippen LogP contribution in [0.1, 0.15) is 30.4 Å². The van der Waals surface area contributed by atoms with Gasteiger partial charge in [-0.25, -0.2) is 0 Å². The van der Waals surface area contributed by atoms with Gasteiger partial charge in [-0.05, 0) is 24.3 Å². The first-order valence-electron chi connectivity index (χ1n) is 6.87. The van der Waals surface area contributed by atoms with E-state index >= 15 is 0 Å². The summed E-state index contributed by atoms with van der Waals surface area (Å²) in [6.07, 6.45) is 2.40. The number of fused-ring (bicyclic) bond motifs is 1. The summed E-state index contributed by atoms with van der Waals surface area (Å²) < 4.78 is 2.15. The molecule has 0 N–H and O–H groups in total. The van der Waals surface area contributed by atoms with Gasteiger partial charge in [-0.2, -0.15) is 0 Å². The molecule has 0 amide bonds. The highest BCUT2D eigenvalue weighted by Crippen LogP contribution is 2.40. The average molecular weight is 284 g/mol. The molecule has 3 aromatic rings. The molecule has 2 aromatic carbocycles. The molecular weight excluding hydrogens is 270 g/mol. The van der Waals surface area contributed by atoms with Crippen LogP contribution in [0.5, 0.6) is 0 Å². The van der Waals surface area contributed by atoms with Crippen molar-refractivity contribution >= 4 is 22.4 Å². The second kappa shape index (κ2) is 4.60. The number of aromatic nitrogens is 3. The van der Waals surface area contributed by atoms with Gasteiger partial charge in [-0.1, -0.05) is 36.4 Å². The Morgan fingerprint density at radius 2 is 1.85 bits per heavy atom. The minimum Gasteiger partial charge on any atom is -0.281 e. The molecule has 0 aliphatic heterocycles. The van der Waals surface area contributed by atoms with Crippen LogP contribution in [-0.4, -0.2) is 14.8 Å². The molecule has 0 unspecified atom stereocenters. The predicted octanol–water partition coefficient (Wildman–Crippen LogP) is 4.04. The Morgan fingerprint density at radius 1 is 1.05 bits per heavy atom. The van der Waals surface area contributed by atoms with E-state index in [2.05, 4.69) is 57.2 Å². The molecule has 0 atom stereocenters. The summed E-state index contributed by atoms with van der Waals surface area (Å²) in [6, 6.07) is 14.7. The topological polar surface area (TPSA) is 30.7 Å². The number of nitrogens with zero attached hydrogens (tertiary/aromatic N) is 3. The fourth-order valence-electron chi connectivity index (χ4n) is 2.69. The molecule has 0 spiro atoms. The summed E-state index contributed by atoms with van der Waals surface area (Å²) in [5, 5.41) is 11.1. The molecule has 1 aliphatic carbocycles. The largest absolute Gasteiger partial charge is 0.281 e. The molecule has 4 heteroatoms. The van der Waals surface area contributed by atoms with Crippen molar-refractivity contribution < 1.29 is 0 Å². The Kier molecular flexibility index (Phi) is 2.74. The van der Waals surface area contributed by atoms with Crippen molar-refractivity contribution in [3.8, 4) is 5.69 Å². The molecule has 0 radical (unpaired) electrons. The van der Waals surface area contributed by atoms with E-state index in [0.717, 1.165) is 17.3 Å². The van der Waals surface area contributed by atoms with E-state index in [0.29, 0.717) is 11.8 Å². The van der Waals surface area contributed by atoms with Gasteiger partial charge < -0.3 is 0 Å². The Labute approximate surface area is 122 Å². The van der Waals surface area contributed by atoms with Crippen LogP contribution in [0.3, 0.4) is 0 Å². The molecule has 100 valence electrons. The van der Waals surface area contributed by atoms with Crippen LogP contribution in [-0.2, 0) is 5.88 Å². The highest BCUT2D eigenvalue weighted by molar-refractivity contribution is 6.16. The predicted molar refractivity (Wildman–Crippen MR) is 80.4 cm³/mol. The third kappa shape index (κ3) is 1.81. The van der Waals surface area contributed by atoms with Crippen molar-refractivity contribution in [2.75, 3.05) is 0 Å². The molecular formula is C16H14ClN3. The lowest BCUT2D eigenvalue weighted by atomic mass is 10.1. The zero-order valence-corrected chi connectivity index (χ0v) is 11.7. The minimum absolute atomic E-state index is 0.378. The number of alkyl halides is 1. The van der Waals surface area contributed by atoms with E-state index in [1.807, 2.05) is 0 Å². The zero-order valence-electron chi connectivity index (χ0n) is 11.0. The third-order valence-corrected chi connectivity index (χ3v) is 4.06. The monoisotopic (exact) mass is 283 g/mol. The first-order chi connectivity index (χ1) is 9.88. The lowest BCUT2D eigenvalue weighted by Gasteiger charge is -2.12. The number of benzene rings is 2. The lowest BCUT2D eigenvalue weighted by molar-refractivity contribution is 0.862.